The van der Waals surface area contributed by atoms with Crippen LogP contribution in [0, 0.1) is 5.92 Å². The maximum Gasteiger partial charge on any atom is 0.0249 e. The van der Waals surface area contributed by atoms with Gasteiger partial charge in [0.25, 0.3) is 0 Å². The van der Waals surface area contributed by atoms with E-state index in [4.69, 9.17) is 0 Å². The van der Waals surface area contributed by atoms with Gasteiger partial charge in [-0.3, -0.25) is 4.90 Å². The molecular weight excluding hydrogens is 232 g/mol. The van der Waals surface area contributed by atoms with E-state index >= 15 is 0 Å². The van der Waals surface area contributed by atoms with Crippen LogP contribution in [0.1, 0.15) is 73.1 Å². The highest BCUT2D eigenvalue weighted by molar-refractivity contribution is 4.93. The van der Waals surface area contributed by atoms with Gasteiger partial charge in [-0.1, -0.05) is 41.0 Å². The second-order valence-corrected chi connectivity index (χ2v) is 6.65. The van der Waals surface area contributed by atoms with Crippen LogP contribution in [-0.2, 0) is 0 Å². The minimum atomic E-state index is 0.689. The molecule has 1 aliphatic carbocycles. The Labute approximate surface area is 121 Å². The Morgan fingerprint density at radius 1 is 1.11 bits per heavy atom. The van der Waals surface area contributed by atoms with E-state index in [2.05, 4.69) is 44.8 Å². The Bertz CT molecular complexity index is 223. The standard InChI is InChI=1S/C17H36N2/c1-6-9-16(18-12-7-2)17(8-3)19(13-14(4)5)15-10-11-15/h14-18H,6-13H2,1-5H3. The molecule has 0 bridgehead atoms. The average molecular weight is 268 g/mol. The SMILES string of the molecule is CCCNC(CCC)C(CC)N(CC(C)C)C1CC1. The van der Waals surface area contributed by atoms with Gasteiger partial charge in [-0.25, -0.2) is 0 Å². The molecular formula is C17H36N2. The minimum absolute atomic E-state index is 0.689. The number of hydrogen-bond donors (Lipinski definition) is 1. The molecule has 0 spiro atoms. The summed E-state index contributed by atoms with van der Waals surface area (Å²) in [4.78, 5) is 2.83. The van der Waals surface area contributed by atoms with Crippen LogP contribution in [0.4, 0.5) is 0 Å². The van der Waals surface area contributed by atoms with Crippen molar-refractivity contribution in [2.45, 2.75) is 91.3 Å². The number of rotatable bonds is 11. The molecule has 0 amide bonds. The van der Waals surface area contributed by atoms with Crippen molar-refractivity contribution in [3.05, 3.63) is 0 Å². The van der Waals surface area contributed by atoms with E-state index in [0.29, 0.717) is 6.04 Å². The Hall–Kier alpha value is -0.0800. The van der Waals surface area contributed by atoms with Crippen molar-refractivity contribution in [1.82, 2.24) is 10.2 Å². The average Bonchev–Trinajstić information content (AvgIpc) is 3.19. The highest BCUT2D eigenvalue weighted by Gasteiger charge is 2.36. The van der Waals surface area contributed by atoms with Gasteiger partial charge in [0.05, 0.1) is 0 Å². The van der Waals surface area contributed by atoms with E-state index in [0.717, 1.165) is 18.0 Å². The number of hydrogen-bond acceptors (Lipinski definition) is 2. The summed E-state index contributed by atoms with van der Waals surface area (Å²) in [7, 11) is 0. The first-order chi connectivity index (χ1) is 9.13. The van der Waals surface area contributed by atoms with Crippen molar-refractivity contribution < 1.29 is 0 Å². The molecule has 2 heteroatoms. The molecule has 2 atom stereocenters. The summed E-state index contributed by atoms with van der Waals surface area (Å²) in [6.07, 6.45) is 7.98. The fourth-order valence-electron chi connectivity index (χ4n) is 3.20. The van der Waals surface area contributed by atoms with Gasteiger partial charge in [-0.05, 0) is 44.6 Å². The van der Waals surface area contributed by atoms with Crippen LogP contribution in [0.3, 0.4) is 0 Å². The second-order valence-electron chi connectivity index (χ2n) is 6.65. The van der Waals surface area contributed by atoms with Gasteiger partial charge in [0.1, 0.15) is 0 Å². The van der Waals surface area contributed by atoms with Gasteiger partial charge < -0.3 is 5.32 Å². The molecule has 0 heterocycles. The summed E-state index contributed by atoms with van der Waals surface area (Å²) in [6.45, 7) is 14.1. The van der Waals surface area contributed by atoms with E-state index in [-0.39, 0.29) is 0 Å². The third-order valence-electron chi connectivity index (χ3n) is 4.16. The van der Waals surface area contributed by atoms with E-state index in [1.54, 1.807) is 0 Å². The predicted molar refractivity (Wildman–Crippen MR) is 85.6 cm³/mol. The summed E-state index contributed by atoms with van der Waals surface area (Å²) in [5.41, 5.74) is 0. The normalized spacial score (nSPS) is 19.1. The highest BCUT2D eigenvalue weighted by atomic mass is 15.2. The first kappa shape index (κ1) is 17.0. The van der Waals surface area contributed by atoms with Crippen molar-refractivity contribution in [1.29, 1.82) is 0 Å². The monoisotopic (exact) mass is 268 g/mol. The van der Waals surface area contributed by atoms with Gasteiger partial charge in [0, 0.05) is 24.7 Å². The lowest BCUT2D eigenvalue weighted by atomic mass is 9.97. The lowest BCUT2D eigenvalue weighted by molar-refractivity contribution is 0.122. The zero-order valence-corrected chi connectivity index (χ0v) is 13.9. The topological polar surface area (TPSA) is 15.3 Å². The molecule has 0 radical (unpaired) electrons. The Morgan fingerprint density at radius 3 is 2.21 bits per heavy atom. The van der Waals surface area contributed by atoms with Gasteiger partial charge in [-0.15, -0.1) is 0 Å². The van der Waals surface area contributed by atoms with Crippen LogP contribution < -0.4 is 5.32 Å². The van der Waals surface area contributed by atoms with Gasteiger partial charge >= 0.3 is 0 Å². The summed E-state index contributed by atoms with van der Waals surface area (Å²) in [6, 6.07) is 2.31. The zero-order valence-electron chi connectivity index (χ0n) is 13.9. The fraction of sp³-hybridized carbons (Fsp3) is 1.00. The van der Waals surface area contributed by atoms with E-state index in [9.17, 15) is 0 Å². The third-order valence-corrected chi connectivity index (χ3v) is 4.16. The molecule has 0 aromatic carbocycles. The molecule has 19 heavy (non-hydrogen) atoms. The molecule has 1 saturated carbocycles. The Balaban J connectivity index is 2.67. The van der Waals surface area contributed by atoms with Gasteiger partial charge in [-0.2, -0.15) is 0 Å². The summed E-state index contributed by atoms with van der Waals surface area (Å²) in [5, 5.41) is 3.82. The molecule has 2 unspecified atom stereocenters. The molecule has 1 N–H and O–H groups in total. The summed E-state index contributed by atoms with van der Waals surface area (Å²) in [5.74, 6) is 0.781. The molecule has 1 rings (SSSR count). The molecule has 0 aromatic heterocycles. The minimum Gasteiger partial charge on any atom is -0.312 e. The van der Waals surface area contributed by atoms with Crippen LogP contribution in [-0.4, -0.2) is 36.1 Å². The maximum absolute atomic E-state index is 3.82. The largest absolute Gasteiger partial charge is 0.312 e. The van der Waals surface area contributed by atoms with Crippen molar-refractivity contribution in [3.63, 3.8) is 0 Å². The maximum atomic E-state index is 3.82. The second kappa shape index (κ2) is 8.97. The lowest BCUT2D eigenvalue weighted by Crippen LogP contribution is -2.52. The number of nitrogens with zero attached hydrogens (tertiary/aromatic N) is 1. The summed E-state index contributed by atoms with van der Waals surface area (Å²) < 4.78 is 0. The van der Waals surface area contributed by atoms with Crippen molar-refractivity contribution in [2.24, 2.45) is 5.92 Å². The third kappa shape index (κ3) is 5.83. The van der Waals surface area contributed by atoms with Crippen LogP contribution in [0.25, 0.3) is 0 Å². The molecule has 0 aliphatic heterocycles. The molecule has 2 nitrogen and oxygen atoms in total. The first-order valence-corrected chi connectivity index (χ1v) is 8.63. The summed E-state index contributed by atoms with van der Waals surface area (Å²) >= 11 is 0. The fourth-order valence-corrected chi connectivity index (χ4v) is 3.20. The van der Waals surface area contributed by atoms with Gasteiger partial charge in [0.2, 0.25) is 0 Å². The predicted octanol–water partition coefficient (Wildman–Crippen LogP) is 4.05. The first-order valence-electron chi connectivity index (χ1n) is 8.63. The van der Waals surface area contributed by atoms with Crippen molar-refractivity contribution in [2.75, 3.05) is 13.1 Å². The van der Waals surface area contributed by atoms with Crippen LogP contribution in [0.2, 0.25) is 0 Å². The Kier molecular flexibility index (Phi) is 8.01. The zero-order chi connectivity index (χ0) is 14.3. The lowest BCUT2D eigenvalue weighted by Gasteiger charge is -2.38. The quantitative estimate of drug-likeness (QED) is 0.608. The van der Waals surface area contributed by atoms with Crippen LogP contribution in [0.15, 0.2) is 0 Å². The molecule has 114 valence electrons. The molecule has 1 fully saturated rings. The molecule has 0 saturated heterocycles. The number of nitrogens with one attached hydrogen (secondary N) is 1. The van der Waals surface area contributed by atoms with E-state index in [1.807, 2.05) is 0 Å². The van der Waals surface area contributed by atoms with Crippen LogP contribution in [0.5, 0.6) is 0 Å². The Morgan fingerprint density at radius 2 is 1.79 bits per heavy atom. The van der Waals surface area contributed by atoms with Crippen LogP contribution >= 0.6 is 0 Å². The van der Waals surface area contributed by atoms with E-state index < -0.39 is 0 Å². The van der Waals surface area contributed by atoms with Gasteiger partial charge in [0.15, 0.2) is 0 Å². The highest BCUT2D eigenvalue weighted by Crippen LogP contribution is 2.31. The van der Waals surface area contributed by atoms with Crippen molar-refractivity contribution >= 4 is 0 Å². The molecule has 1 aliphatic rings. The van der Waals surface area contributed by atoms with Crippen molar-refractivity contribution in [3.8, 4) is 0 Å². The molecule has 0 aromatic rings. The van der Waals surface area contributed by atoms with E-state index in [1.165, 1.54) is 51.6 Å². The smallest absolute Gasteiger partial charge is 0.0249 e.